The van der Waals surface area contributed by atoms with Crippen LogP contribution in [0.1, 0.15) is 12.0 Å². The second kappa shape index (κ2) is 3.81. The fourth-order valence-electron chi connectivity index (χ4n) is 1.78. The summed E-state index contributed by atoms with van der Waals surface area (Å²) in [7, 11) is 0. The van der Waals surface area contributed by atoms with Crippen LogP contribution in [0.2, 0.25) is 0 Å². The van der Waals surface area contributed by atoms with E-state index in [4.69, 9.17) is 5.11 Å². The van der Waals surface area contributed by atoms with Crippen molar-refractivity contribution < 1.29 is 23.1 Å². The van der Waals surface area contributed by atoms with Gasteiger partial charge in [0.25, 0.3) is 0 Å². The molecule has 0 spiro atoms. The summed E-state index contributed by atoms with van der Waals surface area (Å²) in [6.07, 6.45) is 0.605. The van der Waals surface area contributed by atoms with E-state index in [0.717, 1.165) is 6.07 Å². The number of benzene rings is 1. The Bertz CT molecular complexity index is 445. The van der Waals surface area contributed by atoms with Gasteiger partial charge in [-0.1, -0.05) is 0 Å². The van der Waals surface area contributed by atoms with Crippen molar-refractivity contribution in [1.82, 2.24) is 0 Å². The number of carboxylic acid groups (broad SMARTS) is 1. The summed E-state index contributed by atoms with van der Waals surface area (Å²) >= 11 is 0. The summed E-state index contributed by atoms with van der Waals surface area (Å²) < 4.78 is 38.6. The quantitative estimate of drug-likeness (QED) is 0.809. The topological polar surface area (TPSA) is 37.3 Å². The maximum atomic E-state index is 13.2. The predicted octanol–water partition coefficient (Wildman–Crippen LogP) is 2.37. The fraction of sp³-hybridized carbons (Fsp3) is 0.364. The van der Waals surface area contributed by atoms with Crippen LogP contribution in [0.5, 0.6) is 0 Å². The molecule has 1 aromatic carbocycles. The molecule has 0 aromatic heterocycles. The van der Waals surface area contributed by atoms with Crippen molar-refractivity contribution in [1.29, 1.82) is 0 Å². The van der Waals surface area contributed by atoms with E-state index in [2.05, 4.69) is 0 Å². The lowest BCUT2D eigenvalue weighted by atomic mass is 10.1. The van der Waals surface area contributed by atoms with Gasteiger partial charge in [-0.2, -0.15) is 0 Å². The number of hydrogen-bond acceptors (Lipinski definition) is 1. The van der Waals surface area contributed by atoms with Crippen molar-refractivity contribution in [2.45, 2.75) is 12.8 Å². The van der Waals surface area contributed by atoms with E-state index in [1.54, 1.807) is 0 Å². The molecule has 1 saturated carbocycles. The van der Waals surface area contributed by atoms with Crippen LogP contribution < -0.4 is 0 Å². The minimum Gasteiger partial charge on any atom is -0.481 e. The Labute approximate surface area is 89.7 Å². The molecule has 2 atom stereocenters. The molecule has 0 aliphatic heterocycles. The fourth-order valence-corrected chi connectivity index (χ4v) is 1.78. The van der Waals surface area contributed by atoms with Crippen molar-refractivity contribution in [2.75, 3.05) is 0 Å². The summed E-state index contributed by atoms with van der Waals surface area (Å²) in [5.74, 6) is -4.73. The monoisotopic (exact) mass is 230 g/mol. The van der Waals surface area contributed by atoms with Gasteiger partial charge >= 0.3 is 5.97 Å². The lowest BCUT2D eigenvalue weighted by molar-refractivity contribution is -0.138. The van der Waals surface area contributed by atoms with Gasteiger partial charge in [0.15, 0.2) is 11.6 Å². The van der Waals surface area contributed by atoms with Crippen LogP contribution in [0.4, 0.5) is 13.2 Å². The molecule has 2 rings (SSSR count). The van der Waals surface area contributed by atoms with E-state index >= 15 is 0 Å². The summed E-state index contributed by atoms with van der Waals surface area (Å²) in [6.45, 7) is 0. The highest BCUT2D eigenvalue weighted by atomic mass is 19.2. The first kappa shape index (κ1) is 11.0. The highest BCUT2D eigenvalue weighted by Crippen LogP contribution is 2.41. The van der Waals surface area contributed by atoms with Gasteiger partial charge in [0.1, 0.15) is 5.82 Å². The molecular formula is C11H9F3O2. The minimum atomic E-state index is -1.23. The van der Waals surface area contributed by atoms with Crippen LogP contribution >= 0.6 is 0 Å². The van der Waals surface area contributed by atoms with Crippen LogP contribution in [0.25, 0.3) is 0 Å². The molecule has 2 nitrogen and oxygen atoms in total. The maximum Gasteiger partial charge on any atom is 0.306 e. The standard InChI is InChI=1S/C11H9F3O2/c12-8-4-10(14)9(13)3-6(8)1-5-2-7(5)11(15)16/h3-5,7H,1-2H2,(H,15,16). The van der Waals surface area contributed by atoms with Crippen molar-refractivity contribution in [3.05, 3.63) is 35.1 Å². The predicted molar refractivity (Wildman–Crippen MR) is 49.3 cm³/mol. The van der Waals surface area contributed by atoms with Crippen LogP contribution in [0, 0.1) is 29.3 Å². The molecule has 16 heavy (non-hydrogen) atoms. The second-order valence-corrected chi connectivity index (χ2v) is 4.00. The van der Waals surface area contributed by atoms with Crippen LogP contribution in [-0.4, -0.2) is 11.1 Å². The zero-order chi connectivity index (χ0) is 11.9. The summed E-state index contributed by atoms with van der Waals surface area (Å²) in [6, 6.07) is 1.28. The Morgan fingerprint density at radius 3 is 2.44 bits per heavy atom. The van der Waals surface area contributed by atoms with Gasteiger partial charge in [-0.15, -0.1) is 0 Å². The Morgan fingerprint density at radius 1 is 1.25 bits per heavy atom. The van der Waals surface area contributed by atoms with Gasteiger partial charge in [0.05, 0.1) is 5.92 Å². The Balaban J connectivity index is 2.11. The van der Waals surface area contributed by atoms with E-state index in [1.165, 1.54) is 0 Å². The van der Waals surface area contributed by atoms with Crippen molar-refractivity contribution in [2.24, 2.45) is 11.8 Å². The second-order valence-electron chi connectivity index (χ2n) is 4.00. The Hall–Kier alpha value is -1.52. The maximum absolute atomic E-state index is 13.2. The molecule has 86 valence electrons. The number of rotatable bonds is 3. The SMILES string of the molecule is O=C(O)C1CC1Cc1cc(F)c(F)cc1F. The first-order valence-corrected chi connectivity index (χ1v) is 4.85. The molecule has 2 unspecified atom stereocenters. The van der Waals surface area contributed by atoms with Crippen LogP contribution in [0.3, 0.4) is 0 Å². The van der Waals surface area contributed by atoms with Gasteiger partial charge in [-0.05, 0) is 30.4 Å². The summed E-state index contributed by atoms with van der Waals surface area (Å²) in [5, 5.41) is 8.64. The largest absolute Gasteiger partial charge is 0.481 e. The number of carboxylic acids is 1. The molecule has 5 heteroatoms. The first-order chi connectivity index (χ1) is 7.49. The third-order valence-electron chi connectivity index (χ3n) is 2.81. The molecular weight excluding hydrogens is 221 g/mol. The van der Waals surface area contributed by atoms with Crippen molar-refractivity contribution in [3.63, 3.8) is 0 Å². The third kappa shape index (κ3) is 2.03. The third-order valence-corrected chi connectivity index (χ3v) is 2.81. The Morgan fingerprint density at radius 2 is 1.88 bits per heavy atom. The molecule has 0 radical (unpaired) electrons. The lowest BCUT2D eigenvalue weighted by Crippen LogP contribution is -2.03. The van der Waals surface area contributed by atoms with Crippen LogP contribution in [-0.2, 0) is 11.2 Å². The highest BCUT2D eigenvalue weighted by molar-refractivity contribution is 5.73. The molecule has 0 heterocycles. The van der Waals surface area contributed by atoms with E-state index in [1.807, 2.05) is 0 Å². The number of halogens is 3. The average Bonchev–Trinajstić information content (AvgIpc) is 2.93. The normalized spacial score (nSPS) is 23.2. The molecule has 1 fully saturated rings. The molecule has 0 amide bonds. The molecule has 1 aromatic rings. The van der Waals surface area contributed by atoms with Gasteiger partial charge in [-0.25, -0.2) is 13.2 Å². The average molecular weight is 230 g/mol. The number of aliphatic carboxylic acids is 1. The number of carbonyl (C=O) groups is 1. The molecule has 0 bridgehead atoms. The Kier molecular flexibility index (Phi) is 2.61. The van der Waals surface area contributed by atoms with Gasteiger partial charge in [0.2, 0.25) is 0 Å². The van der Waals surface area contributed by atoms with Crippen molar-refractivity contribution in [3.8, 4) is 0 Å². The lowest BCUT2D eigenvalue weighted by Gasteiger charge is -2.03. The summed E-state index contributed by atoms with van der Waals surface area (Å²) in [5.41, 5.74) is 0.0349. The van der Waals surface area contributed by atoms with Gasteiger partial charge in [-0.3, -0.25) is 4.79 Å². The van der Waals surface area contributed by atoms with Crippen molar-refractivity contribution >= 4 is 5.97 Å². The smallest absolute Gasteiger partial charge is 0.306 e. The molecule has 0 saturated heterocycles. The summed E-state index contributed by atoms with van der Waals surface area (Å²) in [4.78, 5) is 10.5. The minimum absolute atomic E-state index is 0.0349. The van der Waals surface area contributed by atoms with Gasteiger partial charge < -0.3 is 5.11 Å². The molecule has 1 aliphatic rings. The highest BCUT2D eigenvalue weighted by Gasteiger charge is 2.43. The molecule has 1 aliphatic carbocycles. The van der Waals surface area contributed by atoms with E-state index in [9.17, 15) is 18.0 Å². The number of hydrogen-bond donors (Lipinski definition) is 1. The zero-order valence-electron chi connectivity index (χ0n) is 8.21. The van der Waals surface area contributed by atoms with Crippen LogP contribution in [0.15, 0.2) is 12.1 Å². The van der Waals surface area contributed by atoms with E-state index in [-0.39, 0.29) is 17.9 Å². The van der Waals surface area contributed by atoms with E-state index in [0.29, 0.717) is 12.5 Å². The van der Waals surface area contributed by atoms with E-state index < -0.39 is 29.3 Å². The molecule has 1 N–H and O–H groups in total. The van der Waals surface area contributed by atoms with Gasteiger partial charge in [0, 0.05) is 6.07 Å². The first-order valence-electron chi connectivity index (χ1n) is 4.85. The zero-order valence-corrected chi connectivity index (χ0v) is 8.21.